The van der Waals surface area contributed by atoms with E-state index in [1.165, 1.54) is 12.3 Å². The number of carbonyl (C=O) groups excluding carboxylic acids is 1. The third kappa shape index (κ3) is 2.51. The lowest BCUT2D eigenvalue weighted by molar-refractivity contribution is 0.0830. The maximum absolute atomic E-state index is 12.7. The molecule has 1 aliphatic carbocycles. The van der Waals surface area contributed by atoms with E-state index in [1.807, 2.05) is 6.92 Å². The number of hydrogen-bond acceptors (Lipinski definition) is 3. The molecule has 2 unspecified atom stereocenters. The van der Waals surface area contributed by atoms with E-state index in [2.05, 4.69) is 10.3 Å². The van der Waals surface area contributed by atoms with Crippen molar-refractivity contribution in [1.82, 2.24) is 10.3 Å². The number of aliphatic hydroxyl groups excluding tert-OH is 1. The SMILES string of the molecule is CC1(CO)CCCC1NC(=O)c1ccc(F)nc1. The summed E-state index contributed by atoms with van der Waals surface area (Å²) in [6, 6.07) is 2.53. The van der Waals surface area contributed by atoms with Crippen LogP contribution in [-0.2, 0) is 0 Å². The van der Waals surface area contributed by atoms with Crippen molar-refractivity contribution in [3.8, 4) is 0 Å². The number of nitrogens with zero attached hydrogens (tertiary/aromatic N) is 1. The fourth-order valence-corrected chi connectivity index (χ4v) is 2.42. The summed E-state index contributed by atoms with van der Waals surface area (Å²) in [5.41, 5.74) is 0.0759. The monoisotopic (exact) mass is 252 g/mol. The number of carbonyl (C=O) groups is 1. The Morgan fingerprint density at radius 2 is 2.44 bits per heavy atom. The van der Waals surface area contributed by atoms with Crippen molar-refractivity contribution in [2.24, 2.45) is 5.41 Å². The first kappa shape index (κ1) is 13.0. The number of hydrogen-bond donors (Lipinski definition) is 2. The maximum Gasteiger partial charge on any atom is 0.253 e. The zero-order valence-corrected chi connectivity index (χ0v) is 10.3. The summed E-state index contributed by atoms with van der Waals surface area (Å²) in [5.74, 6) is -0.873. The lowest BCUT2D eigenvalue weighted by atomic mass is 9.85. The molecule has 1 aliphatic rings. The standard InChI is InChI=1S/C13H17FN2O2/c1-13(8-17)6-2-3-10(13)16-12(18)9-4-5-11(14)15-7-9/h4-5,7,10,17H,2-3,6,8H2,1H3,(H,16,18). The highest BCUT2D eigenvalue weighted by molar-refractivity contribution is 5.94. The number of halogens is 1. The van der Waals surface area contributed by atoms with Crippen LogP contribution in [0.2, 0.25) is 0 Å². The normalized spacial score (nSPS) is 27.2. The van der Waals surface area contributed by atoms with Gasteiger partial charge in [-0.05, 0) is 25.0 Å². The first-order valence-corrected chi connectivity index (χ1v) is 6.08. The highest BCUT2D eigenvalue weighted by atomic mass is 19.1. The molecular formula is C13H17FN2O2. The van der Waals surface area contributed by atoms with Crippen molar-refractivity contribution in [1.29, 1.82) is 0 Å². The van der Waals surface area contributed by atoms with Crippen molar-refractivity contribution < 1.29 is 14.3 Å². The van der Waals surface area contributed by atoms with Gasteiger partial charge in [0.05, 0.1) is 12.2 Å². The number of amides is 1. The second kappa shape index (κ2) is 5.02. The Kier molecular flexibility index (Phi) is 3.61. The summed E-state index contributed by atoms with van der Waals surface area (Å²) in [7, 11) is 0. The van der Waals surface area contributed by atoms with Gasteiger partial charge < -0.3 is 10.4 Å². The van der Waals surface area contributed by atoms with Gasteiger partial charge in [-0.1, -0.05) is 13.3 Å². The fraction of sp³-hybridized carbons (Fsp3) is 0.538. The van der Waals surface area contributed by atoms with Crippen LogP contribution >= 0.6 is 0 Å². The summed E-state index contributed by atoms with van der Waals surface area (Å²) in [6.45, 7) is 2.02. The molecule has 1 fully saturated rings. The number of aromatic nitrogens is 1. The molecule has 0 aliphatic heterocycles. The molecule has 1 amide bonds. The summed E-state index contributed by atoms with van der Waals surface area (Å²) in [5, 5.41) is 12.3. The van der Waals surface area contributed by atoms with Crippen LogP contribution in [0.5, 0.6) is 0 Å². The van der Waals surface area contributed by atoms with Crippen molar-refractivity contribution in [3.63, 3.8) is 0 Å². The zero-order chi connectivity index (χ0) is 13.2. The zero-order valence-electron chi connectivity index (χ0n) is 10.3. The van der Waals surface area contributed by atoms with Crippen molar-refractivity contribution in [2.75, 3.05) is 6.61 Å². The first-order valence-electron chi connectivity index (χ1n) is 6.08. The lowest BCUT2D eigenvalue weighted by Gasteiger charge is -2.30. The predicted octanol–water partition coefficient (Wildman–Crippen LogP) is 1.50. The van der Waals surface area contributed by atoms with E-state index in [0.717, 1.165) is 25.3 Å². The molecule has 0 aromatic carbocycles. The minimum atomic E-state index is -0.604. The second-order valence-corrected chi connectivity index (χ2v) is 5.10. The van der Waals surface area contributed by atoms with Crippen LogP contribution in [0.25, 0.3) is 0 Å². The van der Waals surface area contributed by atoms with E-state index in [-0.39, 0.29) is 24.0 Å². The Morgan fingerprint density at radius 3 is 3.06 bits per heavy atom. The van der Waals surface area contributed by atoms with E-state index in [4.69, 9.17) is 0 Å². The predicted molar refractivity (Wildman–Crippen MR) is 64.5 cm³/mol. The van der Waals surface area contributed by atoms with E-state index in [9.17, 15) is 14.3 Å². The van der Waals surface area contributed by atoms with Crippen LogP contribution in [0.15, 0.2) is 18.3 Å². The second-order valence-electron chi connectivity index (χ2n) is 5.10. The molecule has 0 saturated heterocycles. The molecule has 0 radical (unpaired) electrons. The summed E-state index contributed by atoms with van der Waals surface area (Å²) in [4.78, 5) is 15.4. The lowest BCUT2D eigenvalue weighted by Crippen LogP contribution is -2.44. The molecule has 0 spiro atoms. The van der Waals surface area contributed by atoms with Gasteiger partial charge >= 0.3 is 0 Å². The minimum Gasteiger partial charge on any atom is -0.396 e. The van der Waals surface area contributed by atoms with E-state index >= 15 is 0 Å². The van der Waals surface area contributed by atoms with Gasteiger partial charge in [-0.15, -0.1) is 0 Å². The van der Waals surface area contributed by atoms with Gasteiger partial charge in [-0.3, -0.25) is 4.79 Å². The summed E-state index contributed by atoms with van der Waals surface area (Å²) < 4.78 is 12.7. The van der Waals surface area contributed by atoms with Crippen LogP contribution in [0.4, 0.5) is 4.39 Å². The summed E-state index contributed by atoms with van der Waals surface area (Å²) >= 11 is 0. The van der Waals surface area contributed by atoms with E-state index in [0.29, 0.717) is 5.56 Å². The van der Waals surface area contributed by atoms with Gasteiger partial charge in [-0.2, -0.15) is 4.39 Å². The van der Waals surface area contributed by atoms with E-state index in [1.54, 1.807) is 0 Å². The van der Waals surface area contributed by atoms with Crippen molar-refractivity contribution in [2.45, 2.75) is 32.2 Å². The van der Waals surface area contributed by atoms with Crippen molar-refractivity contribution in [3.05, 3.63) is 29.8 Å². The maximum atomic E-state index is 12.7. The van der Waals surface area contributed by atoms with Gasteiger partial charge in [0.15, 0.2) is 0 Å². The molecular weight excluding hydrogens is 235 g/mol. The molecule has 1 heterocycles. The Balaban J connectivity index is 2.05. The van der Waals surface area contributed by atoms with Gasteiger partial charge in [0, 0.05) is 17.7 Å². The molecule has 1 aromatic heterocycles. The average molecular weight is 252 g/mol. The topological polar surface area (TPSA) is 62.2 Å². The number of pyridine rings is 1. The number of rotatable bonds is 3. The Hall–Kier alpha value is -1.49. The molecule has 18 heavy (non-hydrogen) atoms. The highest BCUT2D eigenvalue weighted by Crippen LogP contribution is 2.37. The van der Waals surface area contributed by atoms with Crippen LogP contribution in [0.3, 0.4) is 0 Å². The third-order valence-electron chi connectivity index (χ3n) is 3.74. The molecule has 1 saturated carbocycles. The number of aliphatic hydroxyl groups is 1. The van der Waals surface area contributed by atoms with Gasteiger partial charge in [0.1, 0.15) is 0 Å². The molecule has 0 bridgehead atoms. The Labute approximate surface area is 105 Å². The highest BCUT2D eigenvalue weighted by Gasteiger charge is 2.39. The molecule has 2 atom stereocenters. The largest absolute Gasteiger partial charge is 0.396 e. The number of nitrogens with one attached hydrogen (secondary N) is 1. The fourth-order valence-electron chi connectivity index (χ4n) is 2.42. The van der Waals surface area contributed by atoms with Crippen LogP contribution in [0.1, 0.15) is 36.5 Å². The quantitative estimate of drug-likeness (QED) is 0.801. The average Bonchev–Trinajstić information content (AvgIpc) is 2.72. The van der Waals surface area contributed by atoms with Crippen LogP contribution < -0.4 is 5.32 Å². The van der Waals surface area contributed by atoms with E-state index < -0.39 is 5.95 Å². The third-order valence-corrected chi connectivity index (χ3v) is 3.74. The van der Waals surface area contributed by atoms with Crippen LogP contribution in [-0.4, -0.2) is 28.6 Å². The molecule has 4 nitrogen and oxygen atoms in total. The Bertz CT molecular complexity index is 435. The summed E-state index contributed by atoms with van der Waals surface area (Å²) in [6.07, 6.45) is 3.97. The molecule has 2 N–H and O–H groups in total. The Morgan fingerprint density at radius 1 is 1.67 bits per heavy atom. The first-order chi connectivity index (χ1) is 8.55. The van der Waals surface area contributed by atoms with Gasteiger partial charge in [0.25, 0.3) is 5.91 Å². The smallest absolute Gasteiger partial charge is 0.253 e. The van der Waals surface area contributed by atoms with Crippen LogP contribution in [0, 0.1) is 11.4 Å². The van der Waals surface area contributed by atoms with Gasteiger partial charge in [-0.25, -0.2) is 4.98 Å². The van der Waals surface area contributed by atoms with Gasteiger partial charge in [0.2, 0.25) is 5.95 Å². The molecule has 1 aromatic rings. The molecule has 2 rings (SSSR count). The van der Waals surface area contributed by atoms with Crippen molar-refractivity contribution >= 4 is 5.91 Å². The minimum absolute atomic E-state index is 0.0416. The molecule has 5 heteroatoms. The molecule has 98 valence electrons.